The highest BCUT2D eigenvalue weighted by atomic mass is 16.7. The SMILES string of the molecule is CN(C(=O)Cc1ccon1)c1ccc2c(c1)OCO2. The average Bonchev–Trinajstić information content (AvgIpc) is 3.07. The first-order valence-corrected chi connectivity index (χ1v) is 5.79. The normalized spacial score (nSPS) is 12.5. The molecule has 1 aliphatic rings. The van der Waals surface area contributed by atoms with Crippen molar-refractivity contribution in [1.29, 1.82) is 0 Å². The Balaban J connectivity index is 1.76. The molecule has 0 bridgehead atoms. The number of hydrogen-bond donors (Lipinski definition) is 0. The van der Waals surface area contributed by atoms with E-state index >= 15 is 0 Å². The second-order valence-corrected chi connectivity index (χ2v) is 4.16. The Morgan fingerprint density at radius 1 is 1.32 bits per heavy atom. The topological polar surface area (TPSA) is 64.8 Å². The summed E-state index contributed by atoms with van der Waals surface area (Å²) in [5, 5.41) is 3.72. The number of rotatable bonds is 3. The van der Waals surface area contributed by atoms with E-state index in [0.29, 0.717) is 17.2 Å². The smallest absolute Gasteiger partial charge is 0.232 e. The van der Waals surface area contributed by atoms with Gasteiger partial charge in [-0.2, -0.15) is 0 Å². The van der Waals surface area contributed by atoms with Crippen molar-refractivity contribution < 1.29 is 18.8 Å². The minimum atomic E-state index is -0.0761. The second kappa shape index (κ2) is 4.64. The van der Waals surface area contributed by atoms with Gasteiger partial charge in [0.2, 0.25) is 12.7 Å². The molecule has 3 rings (SSSR count). The maximum atomic E-state index is 12.1. The molecule has 1 aromatic heterocycles. The maximum Gasteiger partial charge on any atom is 0.232 e. The molecule has 0 spiro atoms. The van der Waals surface area contributed by atoms with E-state index in [0.717, 1.165) is 5.69 Å². The molecule has 0 saturated heterocycles. The molecule has 0 radical (unpaired) electrons. The van der Waals surface area contributed by atoms with Gasteiger partial charge in [0.25, 0.3) is 0 Å². The summed E-state index contributed by atoms with van der Waals surface area (Å²) in [4.78, 5) is 13.6. The van der Waals surface area contributed by atoms with E-state index in [4.69, 9.17) is 14.0 Å². The number of hydrogen-bond acceptors (Lipinski definition) is 5. The van der Waals surface area contributed by atoms with E-state index in [-0.39, 0.29) is 19.1 Å². The van der Waals surface area contributed by atoms with Crippen molar-refractivity contribution in [3.63, 3.8) is 0 Å². The van der Waals surface area contributed by atoms with E-state index in [1.54, 1.807) is 30.1 Å². The lowest BCUT2D eigenvalue weighted by Crippen LogP contribution is -2.27. The molecule has 0 atom stereocenters. The van der Waals surface area contributed by atoms with Crippen molar-refractivity contribution in [2.24, 2.45) is 0 Å². The van der Waals surface area contributed by atoms with Gasteiger partial charge in [0.15, 0.2) is 11.5 Å². The van der Waals surface area contributed by atoms with Crippen LogP contribution < -0.4 is 14.4 Å². The van der Waals surface area contributed by atoms with Crippen LogP contribution in [-0.4, -0.2) is 24.9 Å². The van der Waals surface area contributed by atoms with Crippen molar-refractivity contribution in [1.82, 2.24) is 5.16 Å². The number of carbonyl (C=O) groups is 1. The van der Waals surface area contributed by atoms with E-state index in [1.807, 2.05) is 6.07 Å². The molecule has 0 unspecified atom stereocenters. The number of likely N-dealkylation sites (N-methyl/N-ethyl adjacent to an activating group) is 1. The number of amides is 1. The predicted molar refractivity (Wildman–Crippen MR) is 66.2 cm³/mol. The molecular formula is C13H12N2O4. The molecule has 2 heterocycles. The van der Waals surface area contributed by atoms with Gasteiger partial charge in [-0.15, -0.1) is 0 Å². The number of aromatic nitrogens is 1. The number of anilines is 1. The highest BCUT2D eigenvalue weighted by Gasteiger charge is 2.18. The summed E-state index contributed by atoms with van der Waals surface area (Å²) < 4.78 is 15.2. The lowest BCUT2D eigenvalue weighted by molar-refractivity contribution is -0.117. The molecule has 19 heavy (non-hydrogen) atoms. The van der Waals surface area contributed by atoms with Gasteiger partial charge in [-0.25, -0.2) is 0 Å². The number of fused-ring (bicyclic) bond motifs is 1. The molecule has 1 aliphatic heterocycles. The Morgan fingerprint density at radius 3 is 2.95 bits per heavy atom. The molecule has 1 amide bonds. The highest BCUT2D eigenvalue weighted by molar-refractivity contribution is 5.94. The minimum absolute atomic E-state index is 0.0761. The maximum absolute atomic E-state index is 12.1. The average molecular weight is 260 g/mol. The van der Waals surface area contributed by atoms with Crippen LogP contribution in [0, 0.1) is 0 Å². The second-order valence-electron chi connectivity index (χ2n) is 4.16. The molecular weight excluding hydrogens is 248 g/mol. The first kappa shape index (κ1) is 11.6. The van der Waals surface area contributed by atoms with E-state index in [2.05, 4.69) is 5.16 Å². The minimum Gasteiger partial charge on any atom is -0.454 e. The van der Waals surface area contributed by atoms with E-state index in [9.17, 15) is 4.79 Å². The quantitative estimate of drug-likeness (QED) is 0.838. The third-order valence-corrected chi connectivity index (χ3v) is 2.94. The molecule has 0 saturated carbocycles. The van der Waals surface area contributed by atoms with Crippen LogP contribution in [-0.2, 0) is 11.2 Å². The van der Waals surface area contributed by atoms with Gasteiger partial charge >= 0.3 is 0 Å². The molecule has 6 heteroatoms. The zero-order valence-corrected chi connectivity index (χ0v) is 10.3. The summed E-state index contributed by atoms with van der Waals surface area (Å²) in [6, 6.07) is 7.06. The summed E-state index contributed by atoms with van der Waals surface area (Å²) in [5.74, 6) is 1.27. The van der Waals surface area contributed by atoms with Gasteiger partial charge < -0.3 is 18.9 Å². The monoisotopic (exact) mass is 260 g/mol. The van der Waals surface area contributed by atoms with Crippen LogP contribution in [0.3, 0.4) is 0 Å². The Hall–Kier alpha value is -2.50. The Labute approximate surface area is 109 Å². The fourth-order valence-electron chi connectivity index (χ4n) is 1.84. The first-order valence-electron chi connectivity index (χ1n) is 5.79. The van der Waals surface area contributed by atoms with Gasteiger partial charge in [0.05, 0.1) is 12.1 Å². The molecule has 1 aromatic carbocycles. The standard InChI is InChI=1S/C13H12N2O4/c1-15(13(16)6-9-4-5-19-14-9)10-2-3-11-12(7-10)18-8-17-11/h2-5,7H,6,8H2,1H3. The molecule has 2 aromatic rings. The van der Waals surface area contributed by atoms with Crippen LogP contribution >= 0.6 is 0 Å². The van der Waals surface area contributed by atoms with E-state index in [1.165, 1.54) is 6.26 Å². The third kappa shape index (κ3) is 2.24. The molecule has 0 N–H and O–H groups in total. The number of benzene rings is 1. The van der Waals surface area contributed by atoms with Gasteiger partial charge in [-0.1, -0.05) is 5.16 Å². The fourth-order valence-corrected chi connectivity index (χ4v) is 1.84. The Morgan fingerprint density at radius 2 is 2.16 bits per heavy atom. The van der Waals surface area contributed by atoms with Crippen LogP contribution in [0.15, 0.2) is 35.1 Å². The lowest BCUT2D eigenvalue weighted by atomic mass is 10.2. The van der Waals surface area contributed by atoms with Crippen molar-refractivity contribution >= 4 is 11.6 Å². The summed E-state index contributed by atoms with van der Waals surface area (Å²) in [6.07, 6.45) is 1.64. The molecule has 0 fully saturated rings. The molecule has 98 valence electrons. The van der Waals surface area contributed by atoms with Crippen LogP contribution in [0.5, 0.6) is 11.5 Å². The van der Waals surface area contributed by atoms with Gasteiger partial charge in [0, 0.05) is 24.9 Å². The molecule has 6 nitrogen and oxygen atoms in total. The Kier molecular flexibility index (Phi) is 2.83. The predicted octanol–water partition coefficient (Wildman–Crippen LogP) is 1.61. The number of nitrogens with zero attached hydrogens (tertiary/aromatic N) is 2. The van der Waals surface area contributed by atoms with Gasteiger partial charge in [0.1, 0.15) is 6.26 Å². The fraction of sp³-hybridized carbons (Fsp3) is 0.231. The largest absolute Gasteiger partial charge is 0.454 e. The first-order chi connectivity index (χ1) is 9.24. The summed E-state index contributed by atoms with van der Waals surface area (Å²) >= 11 is 0. The molecule has 0 aliphatic carbocycles. The van der Waals surface area contributed by atoms with Gasteiger partial charge in [-0.05, 0) is 12.1 Å². The summed E-state index contributed by atoms with van der Waals surface area (Å²) in [5.41, 5.74) is 1.36. The Bertz CT molecular complexity index is 595. The zero-order valence-electron chi connectivity index (χ0n) is 10.3. The summed E-state index contributed by atoms with van der Waals surface area (Å²) in [6.45, 7) is 0.218. The highest BCUT2D eigenvalue weighted by Crippen LogP contribution is 2.35. The number of ether oxygens (including phenoxy) is 2. The van der Waals surface area contributed by atoms with Crippen molar-refractivity contribution in [2.45, 2.75) is 6.42 Å². The van der Waals surface area contributed by atoms with Crippen molar-refractivity contribution in [3.05, 3.63) is 36.2 Å². The van der Waals surface area contributed by atoms with Crippen LogP contribution in [0.2, 0.25) is 0 Å². The third-order valence-electron chi connectivity index (χ3n) is 2.94. The van der Waals surface area contributed by atoms with E-state index < -0.39 is 0 Å². The van der Waals surface area contributed by atoms with Crippen molar-refractivity contribution in [2.75, 3.05) is 18.7 Å². The van der Waals surface area contributed by atoms with Crippen molar-refractivity contribution in [3.8, 4) is 11.5 Å². The summed E-state index contributed by atoms with van der Waals surface area (Å²) in [7, 11) is 1.71. The van der Waals surface area contributed by atoms with Crippen LogP contribution in [0.1, 0.15) is 5.69 Å². The zero-order chi connectivity index (χ0) is 13.2. The lowest BCUT2D eigenvalue weighted by Gasteiger charge is -2.17. The van der Waals surface area contributed by atoms with Gasteiger partial charge in [-0.3, -0.25) is 4.79 Å². The van der Waals surface area contributed by atoms with Crippen LogP contribution in [0.25, 0.3) is 0 Å². The van der Waals surface area contributed by atoms with Crippen LogP contribution in [0.4, 0.5) is 5.69 Å². The number of carbonyl (C=O) groups excluding carboxylic acids is 1.